The average molecular weight is 289 g/mol. The van der Waals surface area contributed by atoms with Gasteiger partial charge in [-0.25, -0.2) is 8.42 Å². The Morgan fingerprint density at radius 2 is 1.89 bits per heavy atom. The van der Waals surface area contributed by atoms with Gasteiger partial charge < -0.3 is 5.32 Å². The van der Waals surface area contributed by atoms with Gasteiger partial charge in [0.25, 0.3) is 0 Å². The summed E-state index contributed by atoms with van der Waals surface area (Å²) >= 11 is 0. The first-order chi connectivity index (χ1) is 9.07. The highest BCUT2D eigenvalue weighted by Crippen LogP contribution is 2.26. The lowest BCUT2D eigenvalue weighted by atomic mass is 10.1. The first-order valence-corrected chi connectivity index (χ1v) is 9.83. The number of hydrogen-bond donors (Lipinski definition) is 1. The number of nitrogens with one attached hydrogen (secondary N) is 1. The number of hydrogen-bond acceptors (Lipinski definition) is 3. The molecule has 0 radical (unpaired) electrons. The van der Waals surface area contributed by atoms with E-state index in [1.807, 2.05) is 0 Å². The minimum Gasteiger partial charge on any atom is -0.314 e. The van der Waals surface area contributed by atoms with E-state index in [1.165, 1.54) is 12.8 Å². The molecule has 0 aromatic carbocycles. The third-order valence-electron chi connectivity index (χ3n) is 4.15. The SMILES string of the molecule is CCCNC(CC)CCCS(=O)(=O)CC1CCCC1. The molecule has 3 nitrogen and oxygen atoms in total. The van der Waals surface area contributed by atoms with Gasteiger partial charge in [-0.15, -0.1) is 0 Å². The zero-order valence-electron chi connectivity index (χ0n) is 12.7. The van der Waals surface area contributed by atoms with Gasteiger partial charge in [-0.3, -0.25) is 0 Å². The van der Waals surface area contributed by atoms with Crippen molar-refractivity contribution in [1.29, 1.82) is 0 Å². The molecule has 0 heterocycles. The van der Waals surface area contributed by atoms with Gasteiger partial charge in [0.15, 0.2) is 9.84 Å². The molecule has 0 aliphatic heterocycles. The van der Waals surface area contributed by atoms with Crippen molar-refractivity contribution < 1.29 is 8.42 Å². The fourth-order valence-electron chi connectivity index (χ4n) is 2.97. The van der Waals surface area contributed by atoms with Crippen molar-refractivity contribution in [3.63, 3.8) is 0 Å². The van der Waals surface area contributed by atoms with Crippen molar-refractivity contribution in [2.75, 3.05) is 18.1 Å². The quantitative estimate of drug-likeness (QED) is 0.672. The van der Waals surface area contributed by atoms with E-state index in [2.05, 4.69) is 19.2 Å². The second kappa shape index (κ2) is 8.96. The van der Waals surface area contributed by atoms with Crippen molar-refractivity contribution in [3.8, 4) is 0 Å². The van der Waals surface area contributed by atoms with E-state index in [0.717, 1.165) is 45.1 Å². The first kappa shape index (κ1) is 17.0. The molecule has 1 atom stereocenters. The highest BCUT2D eigenvalue weighted by Gasteiger charge is 2.22. The predicted molar refractivity (Wildman–Crippen MR) is 82.2 cm³/mol. The van der Waals surface area contributed by atoms with Crippen molar-refractivity contribution in [1.82, 2.24) is 5.32 Å². The van der Waals surface area contributed by atoms with Crippen LogP contribution in [0.25, 0.3) is 0 Å². The van der Waals surface area contributed by atoms with E-state index in [0.29, 0.717) is 23.5 Å². The van der Waals surface area contributed by atoms with Gasteiger partial charge in [-0.2, -0.15) is 0 Å². The van der Waals surface area contributed by atoms with Crippen LogP contribution in [-0.4, -0.2) is 32.5 Å². The second-order valence-electron chi connectivity index (χ2n) is 5.97. The Balaban J connectivity index is 2.22. The fourth-order valence-corrected chi connectivity index (χ4v) is 4.79. The predicted octanol–water partition coefficient (Wildman–Crippen LogP) is 3.15. The van der Waals surface area contributed by atoms with Gasteiger partial charge >= 0.3 is 0 Å². The molecule has 0 aromatic rings. The number of rotatable bonds is 10. The molecule has 4 heteroatoms. The molecule has 1 aliphatic carbocycles. The standard InChI is InChI=1S/C15H31NO2S/c1-3-11-16-15(4-2)10-7-12-19(17,18)13-14-8-5-6-9-14/h14-16H,3-13H2,1-2H3. The van der Waals surface area contributed by atoms with Gasteiger partial charge in [0.2, 0.25) is 0 Å². The minimum atomic E-state index is -2.82. The van der Waals surface area contributed by atoms with E-state index in [4.69, 9.17) is 0 Å². The second-order valence-corrected chi connectivity index (χ2v) is 8.20. The first-order valence-electron chi connectivity index (χ1n) is 8.01. The molecule has 114 valence electrons. The van der Waals surface area contributed by atoms with Crippen LogP contribution in [0.15, 0.2) is 0 Å². The van der Waals surface area contributed by atoms with E-state index in [-0.39, 0.29) is 0 Å². The molecule has 1 aliphatic rings. The fraction of sp³-hybridized carbons (Fsp3) is 1.00. The molecule has 0 amide bonds. The van der Waals surface area contributed by atoms with Gasteiger partial charge in [0.05, 0.1) is 11.5 Å². The van der Waals surface area contributed by atoms with Crippen LogP contribution < -0.4 is 5.32 Å². The lowest BCUT2D eigenvalue weighted by molar-refractivity contribution is 0.462. The Morgan fingerprint density at radius 1 is 1.21 bits per heavy atom. The summed E-state index contributed by atoms with van der Waals surface area (Å²) in [6.07, 6.45) is 8.70. The molecule has 1 saturated carbocycles. The summed E-state index contributed by atoms with van der Waals surface area (Å²) in [5.41, 5.74) is 0. The summed E-state index contributed by atoms with van der Waals surface area (Å²) in [6.45, 7) is 5.36. The molecule has 1 N–H and O–H groups in total. The third kappa shape index (κ3) is 7.31. The summed E-state index contributed by atoms with van der Waals surface area (Å²) in [5.74, 6) is 1.27. The summed E-state index contributed by atoms with van der Waals surface area (Å²) in [4.78, 5) is 0. The van der Waals surface area contributed by atoms with E-state index < -0.39 is 9.84 Å². The summed E-state index contributed by atoms with van der Waals surface area (Å²) < 4.78 is 24.1. The van der Waals surface area contributed by atoms with Crippen molar-refractivity contribution in [2.24, 2.45) is 5.92 Å². The van der Waals surface area contributed by atoms with Crippen LogP contribution in [0.5, 0.6) is 0 Å². The van der Waals surface area contributed by atoms with Crippen molar-refractivity contribution in [3.05, 3.63) is 0 Å². The highest BCUT2D eigenvalue weighted by molar-refractivity contribution is 7.91. The molecular weight excluding hydrogens is 258 g/mol. The van der Waals surface area contributed by atoms with Crippen LogP contribution in [0, 0.1) is 5.92 Å². The zero-order chi connectivity index (χ0) is 14.1. The summed E-state index contributed by atoms with van der Waals surface area (Å²) in [7, 11) is -2.82. The number of sulfone groups is 1. The van der Waals surface area contributed by atoms with Crippen LogP contribution in [0.4, 0.5) is 0 Å². The molecule has 1 fully saturated rings. The minimum absolute atomic E-state index is 0.383. The Hall–Kier alpha value is -0.0900. The smallest absolute Gasteiger partial charge is 0.150 e. The maximum Gasteiger partial charge on any atom is 0.150 e. The molecule has 1 rings (SSSR count). The van der Waals surface area contributed by atoms with Gasteiger partial charge in [-0.05, 0) is 51.0 Å². The van der Waals surface area contributed by atoms with Crippen LogP contribution in [0.2, 0.25) is 0 Å². The molecule has 1 unspecified atom stereocenters. The Morgan fingerprint density at radius 3 is 2.47 bits per heavy atom. The Kier molecular flexibility index (Phi) is 8.00. The van der Waals surface area contributed by atoms with Crippen LogP contribution in [0.1, 0.15) is 65.2 Å². The lowest BCUT2D eigenvalue weighted by Crippen LogP contribution is -2.29. The normalized spacial score (nSPS) is 18.8. The molecule has 0 saturated heterocycles. The summed E-state index contributed by atoms with van der Waals surface area (Å²) in [6, 6.07) is 0.488. The maximum atomic E-state index is 12.0. The van der Waals surface area contributed by atoms with Crippen LogP contribution >= 0.6 is 0 Å². The highest BCUT2D eigenvalue weighted by atomic mass is 32.2. The Bertz CT molecular complexity index is 321. The molecule has 19 heavy (non-hydrogen) atoms. The maximum absolute atomic E-state index is 12.0. The van der Waals surface area contributed by atoms with Crippen molar-refractivity contribution in [2.45, 2.75) is 71.3 Å². The van der Waals surface area contributed by atoms with E-state index in [9.17, 15) is 8.42 Å². The molecule has 0 spiro atoms. The third-order valence-corrected chi connectivity index (χ3v) is 6.04. The van der Waals surface area contributed by atoms with Crippen molar-refractivity contribution >= 4 is 9.84 Å². The largest absolute Gasteiger partial charge is 0.314 e. The molecule has 0 aromatic heterocycles. The lowest BCUT2D eigenvalue weighted by Gasteiger charge is -2.16. The van der Waals surface area contributed by atoms with Gasteiger partial charge in [0, 0.05) is 6.04 Å². The van der Waals surface area contributed by atoms with Gasteiger partial charge in [0.1, 0.15) is 0 Å². The molecular formula is C15H31NO2S. The zero-order valence-corrected chi connectivity index (χ0v) is 13.5. The van der Waals surface area contributed by atoms with E-state index in [1.54, 1.807) is 0 Å². The summed E-state index contributed by atoms with van der Waals surface area (Å²) in [5, 5.41) is 3.48. The monoisotopic (exact) mass is 289 g/mol. The molecule has 0 bridgehead atoms. The van der Waals surface area contributed by atoms with Gasteiger partial charge in [-0.1, -0.05) is 26.7 Å². The average Bonchev–Trinajstić information content (AvgIpc) is 2.85. The van der Waals surface area contributed by atoms with Crippen LogP contribution in [0.3, 0.4) is 0 Å². The van der Waals surface area contributed by atoms with E-state index >= 15 is 0 Å². The van der Waals surface area contributed by atoms with Crippen LogP contribution in [-0.2, 0) is 9.84 Å². The topological polar surface area (TPSA) is 46.2 Å². The Labute approximate surface area is 119 Å².